The van der Waals surface area contributed by atoms with Crippen LogP contribution in [0.5, 0.6) is 0 Å². The number of non-ortho nitro benzene ring substituents is 1. The number of fused-ring (bicyclic) bond motifs is 4. The van der Waals surface area contributed by atoms with Crippen molar-refractivity contribution in [1.29, 1.82) is 0 Å². The first-order valence-corrected chi connectivity index (χ1v) is 8.64. The molecule has 5 rings (SSSR count). The lowest BCUT2D eigenvalue weighted by molar-refractivity contribution is -0.511. The molecule has 1 fully saturated rings. The van der Waals surface area contributed by atoms with Crippen LogP contribution in [0.15, 0.2) is 72.8 Å². The van der Waals surface area contributed by atoms with Gasteiger partial charge in [-0.1, -0.05) is 48.5 Å². The van der Waals surface area contributed by atoms with Crippen LogP contribution in [0.2, 0.25) is 0 Å². The van der Waals surface area contributed by atoms with Crippen molar-refractivity contribution in [1.82, 2.24) is 0 Å². The second kappa shape index (κ2) is 5.64. The van der Waals surface area contributed by atoms with Gasteiger partial charge in [-0.15, -0.1) is 0 Å². The molecule has 0 N–H and O–H groups in total. The van der Waals surface area contributed by atoms with Gasteiger partial charge < -0.3 is 4.90 Å². The Morgan fingerprint density at radius 2 is 1.59 bits per heavy atom. The molecule has 3 aromatic rings. The Labute approximate surface area is 155 Å². The summed E-state index contributed by atoms with van der Waals surface area (Å²) in [5.74, 6) is 0. The topological polar surface area (TPSA) is 64.8 Å². The first-order chi connectivity index (χ1) is 13.1. The van der Waals surface area contributed by atoms with Gasteiger partial charge in [0.05, 0.1) is 4.92 Å². The van der Waals surface area contributed by atoms with Crippen LogP contribution in [0, 0.1) is 10.1 Å². The molecule has 3 aromatic carbocycles. The maximum atomic E-state index is 11.2. The molecule has 27 heavy (non-hydrogen) atoms. The van der Waals surface area contributed by atoms with Gasteiger partial charge in [-0.25, -0.2) is 9.78 Å². The molecule has 0 amide bonds. The molecule has 2 aliphatic rings. The highest BCUT2D eigenvalue weighted by Gasteiger charge is 2.59. The second-order valence-electron chi connectivity index (χ2n) is 6.74. The van der Waals surface area contributed by atoms with Crippen LogP contribution in [0.1, 0.15) is 22.8 Å². The van der Waals surface area contributed by atoms with Crippen LogP contribution >= 0.6 is 0 Å². The van der Waals surface area contributed by atoms with E-state index in [4.69, 9.17) is 9.78 Å². The molecular formula is C21H16N2O4. The number of rotatable bonds is 2. The van der Waals surface area contributed by atoms with Crippen molar-refractivity contribution in [3.63, 3.8) is 0 Å². The van der Waals surface area contributed by atoms with E-state index < -0.39 is 16.6 Å². The van der Waals surface area contributed by atoms with E-state index in [2.05, 4.69) is 4.90 Å². The predicted molar refractivity (Wildman–Crippen MR) is 99.7 cm³/mol. The van der Waals surface area contributed by atoms with Crippen molar-refractivity contribution < 1.29 is 14.7 Å². The number of nitro groups is 1. The van der Waals surface area contributed by atoms with Crippen LogP contribution in [0.4, 0.5) is 17.1 Å². The molecular weight excluding hydrogens is 344 g/mol. The van der Waals surface area contributed by atoms with Crippen molar-refractivity contribution >= 4 is 17.1 Å². The first kappa shape index (κ1) is 16.0. The van der Waals surface area contributed by atoms with E-state index >= 15 is 0 Å². The second-order valence-corrected chi connectivity index (χ2v) is 6.74. The Hall–Kier alpha value is -3.22. The Morgan fingerprint density at radius 3 is 2.15 bits per heavy atom. The molecule has 1 unspecified atom stereocenters. The van der Waals surface area contributed by atoms with E-state index in [0.29, 0.717) is 5.56 Å². The van der Waals surface area contributed by atoms with Crippen LogP contribution in [0.25, 0.3) is 0 Å². The molecule has 6 nitrogen and oxygen atoms in total. The summed E-state index contributed by atoms with van der Waals surface area (Å²) in [6.45, 7) is 0. The summed E-state index contributed by atoms with van der Waals surface area (Å²) in [4.78, 5) is 24.3. The molecule has 1 atom stereocenters. The molecule has 134 valence electrons. The highest BCUT2D eigenvalue weighted by molar-refractivity contribution is 5.77. The number of anilines is 2. The predicted octanol–water partition coefficient (Wildman–Crippen LogP) is 4.62. The van der Waals surface area contributed by atoms with Gasteiger partial charge >= 0.3 is 0 Å². The van der Waals surface area contributed by atoms with Crippen LogP contribution in [0.3, 0.4) is 0 Å². The Kier molecular flexibility index (Phi) is 3.34. The smallest absolute Gasteiger partial charge is 0.269 e. The van der Waals surface area contributed by atoms with E-state index in [9.17, 15) is 10.1 Å². The Balaban J connectivity index is 1.74. The lowest BCUT2D eigenvalue weighted by Gasteiger charge is -2.52. The molecule has 0 saturated carbocycles. The van der Waals surface area contributed by atoms with E-state index in [1.165, 1.54) is 6.07 Å². The van der Waals surface area contributed by atoms with E-state index in [0.717, 1.165) is 22.5 Å². The van der Waals surface area contributed by atoms with Gasteiger partial charge in [0.2, 0.25) is 0 Å². The molecule has 1 saturated heterocycles. The molecule has 0 aliphatic carbocycles. The van der Waals surface area contributed by atoms with E-state index in [-0.39, 0.29) is 5.69 Å². The summed E-state index contributed by atoms with van der Waals surface area (Å²) in [6.07, 6.45) is -0.478. The van der Waals surface area contributed by atoms with Gasteiger partial charge in [0, 0.05) is 41.7 Å². The maximum Gasteiger partial charge on any atom is 0.269 e. The summed E-state index contributed by atoms with van der Waals surface area (Å²) in [6, 6.07) is 22.6. The molecule has 0 radical (unpaired) electrons. The number of nitrogens with zero attached hydrogens (tertiary/aromatic N) is 2. The molecule has 0 aromatic heterocycles. The maximum absolute atomic E-state index is 11.2. The quantitative estimate of drug-likeness (QED) is 0.379. The first-order valence-electron chi connectivity index (χ1n) is 8.64. The molecule has 2 aliphatic heterocycles. The minimum atomic E-state index is -0.838. The Bertz CT molecular complexity index is 1020. The minimum absolute atomic E-state index is 0.0349. The number of nitro benzene ring substituents is 1. The normalized spacial score (nSPS) is 19.1. The van der Waals surface area contributed by atoms with Gasteiger partial charge in [-0.05, 0) is 17.7 Å². The number of benzene rings is 3. The average Bonchev–Trinajstić information content (AvgIpc) is 2.68. The Morgan fingerprint density at radius 1 is 0.963 bits per heavy atom. The van der Waals surface area contributed by atoms with Crippen LogP contribution in [-0.4, -0.2) is 12.0 Å². The fraction of sp³-hybridized carbons (Fsp3) is 0.143. The molecule has 2 heterocycles. The lowest BCUT2D eigenvalue weighted by Crippen LogP contribution is -2.51. The zero-order valence-corrected chi connectivity index (χ0v) is 14.5. The largest absolute Gasteiger partial charge is 0.344 e. The fourth-order valence-electron chi connectivity index (χ4n) is 4.09. The summed E-state index contributed by atoms with van der Waals surface area (Å²) < 4.78 is 0. The summed E-state index contributed by atoms with van der Waals surface area (Å²) in [7, 11) is 2.02. The van der Waals surface area contributed by atoms with Gasteiger partial charge in [-0.2, -0.15) is 0 Å². The highest BCUT2D eigenvalue weighted by atomic mass is 17.3. The lowest BCUT2D eigenvalue weighted by atomic mass is 9.74. The van der Waals surface area contributed by atoms with Gasteiger partial charge in [-0.3, -0.25) is 10.1 Å². The number of hydrogen-bond acceptors (Lipinski definition) is 5. The van der Waals surface area contributed by atoms with Crippen LogP contribution in [-0.2, 0) is 15.4 Å². The molecule has 6 heteroatoms. The van der Waals surface area contributed by atoms with Crippen molar-refractivity contribution in [2.75, 3.05) is 11.9 Å². The third-order valence-electron chi connectivity index (χ3n) is 5.36. The van der Waals surface area contributed by atoms with E-state index in [1.807, 2.05) is 61.6 Å². The monoisotopic (exact) mass is 360 g/mol. The van der Waals surface area contributed by atoms with Crippen molar-refractivity contribution in [2.45, 2.75) is 11.7 Å². The van der Waals surface area contributed by atoms with Crippen molar-refractivity contribution in [3.8, 4) is 0 Å². The summed E-state index contributed by atoms with van der Waals surface area (Å²) in [5, 5.41) is 11.2. The zero-order chi connectivity index (χ0) is 18.6. The van der Waals surface area contributed by atoms with Gasteiger partial charge in [0.25, 0.3) is 5.69 Å². The SMILES string of the molecule is CN1c2ccccc2C2(OOC2c2cccc([N+](=O)[O-])c2)c2ccccc21. The van der Waals surface area contributed by atoms with Gasteiger partial charge in [0.15, 0.2) is 11.7 Å². The fourth-order valence-corrected chi connectivity index (χ4v) is 4.09. The van der Waals surface area contributed by atoms with Crippen molar-refractivity contribution in [3.05, 3.63) is 99.6 Å². The molecule has 0 bridgehead atoms. The number of hydrogen-bond donors (Lipinski definition) is 0. The zero-order valence-electron chi connectivity index (χ0n) is 14.5. The summed E-state index contributed by atoms with van der Waals surface area (Å²) in [5.41, 5.74) is 3.92. The van der Waals surface area contributed by atoms with Crippen LogP contribution < -0.4 is 4.90 Å². The highest BCUT2D eigenvalue weighted by Crippen LogP contribution is 2.61. The average molecular weight is 360 g/mol. The van der Waals surface area contributed by atoms with Crippen molar-refractivity contribution in [2.24, 2.45) is 0 Å². The minimum Gasteiger partial charge on any atom is -0.344 e. The van der Waals surface area contributed by atoms with Gasteiger partial charge in [0.1, 0.15) is 0 Å². The van der Waals surface area contributed by atoms with E-state index in [1.54, 1.807) is 12.1 Å². The third kappa shape index (κ3) is 2.08. The summed E-state index contributed by atoms with van der Waals surface area (Å²) >= 11 is 0. The molecule has 1 spiro atoms. The standard InChI is InChI=1S/C21H16N2O4/c1-22-18-11-4-2-9-16(18)21(17-10-3-5-12-19(17)22)20(26-27-21)14-7-6-8-15(13-14)23(24)25/h2-13,20H,1H3. The number of para-hydroxylation sites is 2. The third-order valence-corrected chi connectivity index (χ3v) is 5.36.